The molecule has 0 fully saturated rings. The van der Waals surface area contributed by atoms with Crippen LogP contribution in [0.5, 0.6) is 0 Å². The summed E-state index contributed by atoms with van der Waals surface area (Å²) >= 11 is 1.59. The van der Waals surface area contributed by atoms with Gasteiger partial charge in [-0.3, -0.25) is 4.79 Å². The Balaban J connectivity index is 1.62. The number of rotatable bonds is 4. The zero-order chi connectivity index (χ0) is 20.7. The molecular formula is C23H19FN4OS. The van der Waals surface area contributed by atoms with Gasteiger partial charge in [0, 0.05) is 4.88 Å². The number of hydrogen-bond donors (Lipinski definition) is 1. The number of nitrogens with zero attached hydrogens (tertiary/aromatic N) is 3. The third-order valence-electron chi connectivity index (χ3n) is 5.28. The molecule has 0 spiro atoms. The molecule has 5 rings (SSSR count). The third-order valence-corrected chi connectivity index (χ3v) is 6.46. The highest BCUT2D eigenvalue weighted by atomic mass is 32.1. The Morgan fingerprint density at radius 2 is 1.90 bits per heavy atom. The van der Waals surface area contributed by atoms with Crippen LogP contribution in [-0.2, 0) is 12.8 Å². The van der Waals surface area contributed by atoms with Gasteiger partial charge < -0.3 is 0 Å². The average Bonchev–Trinajstić information content (AvgIpc) is 3.31. The van der Waals surface area contributed by atoms with Crippen LogP contribution in [0.15, 0.2) is 58.4 Å². The molecule has 1 N–H and O–H groups in total. The molecule has 0 radical (unpaired) electrons. The number of halogens is 1. The van der Waals surface area contributed by atoms with Gasteiger partial charge in [0.25, 0.3) is 5.56 Å². The Morgan fingerprint density at radius 1 is 1.13 bits per heavy atom. The lowest BCUT2D eigenvalue weighted by molar-refractivity contribution is 0.628. The maximum absolute atomic E-state index is 13.5. The number of nitrogens with one attached hydrogen (secondary N) is 1. The fourth-order valence-electron chi connectivity index (χ4n) is 3.77. The number of hydrogen-bond acceptors (Lipinski definition) is 5. The molecule has 2 aromatic heterocycles. The number of thiophene rings is 1. The highest BCUT2D eigenvalue weighted by Gasteiger charge is 2.23. The average molecular weight is 418 g/mol. The Hall–Kier alpha value is -3.32. The molecular weight excluding hydrogens is 399 g/mol. The maximum atomic E-state index is 13.5. The fraction of sp³-hybridized carbons (Fsp3) is 0.174. The fourth-order valence-corrected chi connectivity index (χ4v) is 5.02. The molecule has 2 heterocycles. The van der Waals surface area contributed by atoms with Crippen molar-refractivity contribution in [1.29, 1.82) is 0 Å². The summed E-state index contributed by atoms with van der Waals surface area (Å²) in [6, 6.07) is 13.8. The van der Waals surface area contributed by atoms with Gasteiger partial charge in [0.15, 0.2) is 0 Å². The molecule has 0 bridgehead atoms. The lowest BCUT2D eigenvalue weighted by atomic mass is 10.2. The number of aromatic nitrogens is 2. The van der Waals surface area contributed by atoms with Crippen LogP contribution >= 0.6 is 11.3 Å². The summed E-state index contributed by atoms with van der Waals surface area (Å²) in [5.74, 6) is 0.0563. The van der Waals surface area contributed by atoms with Crippen molar-refractivity contribution in [2.24, 2.45) is 5.10 Å². The molecule has 2 aromatic carbocycles. The minimum Gasteiger partial charge on any atom is -0.268 e. The van der Waals surface area contributed by atoms with E-state index in [4.69, 9.17) is 4.98 Å². The monoisotopic (exact) mass is 418 g/mol. The molecule has 7 heteroatoms. The van der Waals surface area contributed by atoms with Crippen LogP contribution in [0.4, 0.5) is 10.3 Å². The van der Waals surface area contributed by atoms with Crippen molar-refractivity contribution in [2.75, 3.05) is 5.43 Å². The van der Waals surface area contributed by atoms with Crippen LogP contribution in [0.2, 0.25) is 0 Å². The second-order valence-electron chi connectivity index (χ2n) is 7.37. The van der Waals surface area contributed by atoms with E-state index < -0.39 is 0 Å². The summed E-state index contributed by atoms with van der Waals surface area (Å²) in [5, 5.41) is 4.96. The van der Waals surface area contributed by atoms with Crippen LogP contribution < -0.4 is 11.0 Å². The van der Waals surface area contributed by atoms with Crippen molar-refractivity contribution in [1.82, 2.24) is 9.55 Å². The molecule has 0 saturated heterocycles. The van der Waals surface area contributed by atoms with Crippen molar-refractivity contribution >= 4 is 33.7 Å². The predicted octanol–water partition coefficient (Wildman–Crippen LogP) is 4.83. The molecule has 0 unspecified atom stereocenters. The minimum absolute atomic E-state index is 0.0808. The molecule has 1 aliphatic rings. The van der Waals surface area contributed by atoms with Gasteiger partial charge in [0.2, 0.25) is 5.95 Å². The van der Waals surface area contributed by atoms with Crippen LogP contribution in [0.25, 0.3) is 15.9 Å². The van der Waals surface area contributed by atoms with Gasteiger partial charge in [-0.15, -0.1) is 11.3 Å². The first-order valence-corrected chi connectivity index (χ1v) is 10.6. The van der Waals surface area contributed by atoms with Crippen molar-refractivity contribution in [3.63, 3.8) is 0 Å². The van der Waals surface area contributed by atoms with E-state index in [0.717, 1.165) is 51.9 Å². The quantitative estimate of drug-likeness (QED) is 0.381. The van der Waals surface area contributed by atoms with Crippen LogP contribution in [0, 0.1) is 12.7 Å². The van der Waals surface area contributed by atoms with Crippen molar-refractivity contribution in [3.05, 3.63) is 86.3 Å². The van der Waals surface area contributed by atoms with Crippen LogP contribution in [-0.4, -0.2) is 15.8 Å². The maximum Gasteiger partial charge on any atom is 0.268 e. The largest absolute Gasteiger partial charge is 0.268 e. The summed E-state index contributed by atoms with van der Waals surface area (Å²) in [4.78, 5) is 20.3. The molecule has 0 aliphatic heterocycles. The zero-order valence-electron chi connectivity index (χ0n) is 16.4. The van der Waals surface area contributed by atoms with E-state index in [-0.39, 0.29) is 11.4 Å². The van der Waals surface area contributed by atoms with E-state index in [1.807, 2.05) is 31.2 Å². The van der Waals surface area contributed by atoms with Gasteiger partial charge in [0.1, 0.15) is 10.6 Å². The van der Waals surface area contributed by atoms with Gasteiger partial charge in [-0.2, -0.15) is 5.10 Å². The summed E-state index contributed by atoms with van der Waals surface area (Å²) in [7, 11) is 0. The molecule has 150 valence electrons. The zero-order valence-corrected chi connectivity index (χ0v) is 17.2. The van der Waals surface area contributed by atoms with E-state index >= 15 is 0 Å². The van der Waals surface area contributed by atoms with E-state index in [9.17, 15) is 9.18 Å². The third kappa shape index (κ3) is 3.31. The summed E-state index contributed by atoms with van der Waals surface area (Å²) < 4.78 is 14.7. The Kier molecular flexibility index (Phi) is 4.67. The Bertz CT molecular complexity index is 1320. The predicted molar refractivity (Wildman–Crippen MR) is 120 cm³/mol. The summed E-state index contributed by atoms with van der Waals surface area (Å²) in [6.07, 6.45) is 4.59. The van der Waals surface area contributed by atoms with Gasteiger partial charge in [-0.1, -0.05) is 29.8 Å². The first-order chi connectivity index (χ1) is 14.6. The number of benzene rings is 2. The van der Waals surface area contributed by atoms with E-state index in [2.05, 4.69) is 10.5 Å². The van der Waals surface area contributed by atoms with Crippen molar-refractivity contribution < 1.29 is 4.39 Å². The first-order valence-electron chi connectivity index (χ1n) is 9.79. The Labute approximate surface area is 176 Å². The SMILES string of the molecule is Cc1ccc(-n2c(NN=Cc3ccc(F)cc3)nc3sc4c(c3c2=O)CCC4)cc1. The van der Waals surface area contributed by atoms with Gasteiger partial charge >= 0.3 is 0 Å². The highest BCUT2D eigenvalue weighted by Crippen LogP contribution is 2.35. The van der Waals surface area contributed by atoms with Crippen molar-refractivity contribution in [3.8, 4) is 5.69 Å². The summed E-state index contributed by atoms with van der Waals surface area (Å²) in [6.45, 7) is 2.01. The number of anilines is 1. The molecule has 4 aromatic rings. The molecule has 0 saturated carbocycles. The first kappa shape index (κ1) is 18.7. The Morgan fingerprint density at radius 3 is 2.67 bits per heavy atom. The highest BCUT2D eigenvalue weighted by molar-refractivity contribution is 7.18. The van der Waals surface area contributed by atoms with Gasteiger partial charge in [-0.05, 0) is 61.6 Å². The molecule has 5 nitrogen and oxygen atoms in total. The van der Waals surface area contributed by atoms with Crippen LogP contribution in [0.1, 0.15) is 28.0 Å². The smallest absolute Gasteiger partial charge is 0.268 e. The second kappa shape index (κ2) is 7.50. The molecule has 0 amide bonds. The van der Waals surface area contributed by atoms with E-state index in [1.54, 1.807) is 34.3 Å². The normalized spacial score (nSPS) is 13.3. The lowest BCUT2D eigenvalue weighted by Gasteiger charge is -2.12. The standard InChI is InChI=1S/C23H19FN4OS/c1-14-5-11-17(12-6-14)28-22(29)20-18-3-2-4-19(18)30-21(20)26-23(28)27-25-13-15-7-9-16(24)10-8-15/h5-13H,2-4H2,1H3,(H,26,27). The minimum atomic E-state index is -0.300. The second-order valence-corrected chi connectivity index (χ2v) is 8.45. The lowest BCUT2D eigenvalue weighted by Crippen LogP contribution is -2.22. The molecule has 30 heavy (non-hydrogen) atoms. The van der Waals surface area contributed by atoms with Gasteiger partial charge in [0.05, 0.1) is 17.3 Å². The summed E-state index contributed by atoms with van der Waals surface area (Å²) in [5.41, 5.74) is 6.57. The van der Waals surface area contributed by atoms with Gasteiger partial charge in [-0.25, -0.2) is 19.4 Å². The van der Waals surface area contributed by atoms with Crippen LogP contribution in [0.3, 0.4) is 0 Å². The molecule has 0 atom stereocenters. The number of hydrazone groups is 1. The number of fused-ring (bicyclic) bond motifs is 3. The van der Waals surface area contributed by atoms with E-state index in [1.165, 1.54) is 17.0 Å². The van der Waals surface area contributed by atoms with Crippen molar-refractivity contribution in [2.45, 2.75) is 26.2 Å². The topological polar surface area (TPSA) is 59.3 Å². The van der Waals surface area contributed by atoms with E-state index in [0.29, 0.717) is 5.95 Å². The molecule has 1 aliphatic carbocycles. The number of aryl methyl sites for hydroxylation is 3.